The van der Waals surface area contributed by atoms with Crippen LogP contribution in [0.2, 0.25) is 0 Å². The third-order valence-electron chi connectivity index (χ3n) is 4.48. The molecule has 5 nitrogen and oxygen atoms in total. The van der Waals surface area contributed by atoms with Gasteiger partial charge in [0.05, 0.1) is 19.3 Å². The number of amides is 1. The van der Waals surface area contributed by atoms with Crippen molar-refractivity contribution in [3.05, 3.63) is 65.5 Å². The summed E-state index contributed by atoms with van der Waals surface area (Å²) in [5.74, 6) is -0.678. The number of morpholine rings is 1. The number of carbonyl (C=O) groups is 1. The topological polar surface area (TPSA) is 61.8 Å². The van der Waals surface area contributed by atoms with Crippen molar-refractivity contribution in [3.63, 3.8) is 0 Å². The van der Waals surface area contributed by atoms with Crippen molar-refractivity contribution in [2.24, 2.45) is 0 Å². The van der Waals surface area contributed by atoms with E-state index in [1.807, 2.05) is 12.1 Å². The zero-order valence-electron chi connectivity index (χ0n) is 14.5. The number of benzene rings is 2. The first-order valence-electron chi connectivity index (χ1n) is 8.77. The van der Waals surface area contributed by atoms with Crippen molar-refractivity contribution in [2.45, 2.75) is 12.5 Å². The Morgan fingerprint density at radius 1 is 1.12 bits per heavy atom. The molecule has 1 saturated heterocycles. The highest BCUT2D eigenvalue weighted by molar-refractivity contribution is 6.04. The van der Waals surface area contributed by atoms with E-state index in [1.165, 1.54) is 24.3 Å². The molecule has 0 spiro atoms. The smallest absolute Gasteiger partial charge is 0.255 e. The molecule has 1 atom stereocenters. The van der Waals surface area contributed by atoms with Crippen LogP contribution in [0, 0.1) is 5.82 Å². The van der Waals surface area contributed by atoms with Crippen LogP contribution in [0.5, 0.6) is 0 Å². The molecular weight excluding hydrogens is 335 g/mol. The number of nitrogens with zero attached hydrogens (tertiary/aromatic N) is 1. The average molecular weight is 358 g/mol. The molecule has 0 bridgehead atoms. The molecule has 26 heavy (non-hydrogen) atoms. The molecule has 2 aromatic rings. The highest BCUT2D eigenvalue weighted by atomic mass is 19.1. The van der Waals surface area contributed by atoms with Crippen molar-refractivity contribution in [2.75, 3.05) is 38.2 Å². The fourth-order valence-electron chi connectivity index (χ4n) is 2.89. The molecule has 1 amide bonds. The molecular formula is C20H23FN2O3. The summed E-state index contributed by atoms with van der Waals surface area (Å²) in [7, 11) is 0. The van der Waals surface area contributed by atoms with Crippen molar-refractivity contribution in [1.82, 2.24) is 4.90 Å². The SMILES string of the molecule is O=C(Nc1ccc(C(O)CCN2CCOCC2)cc1)c1ccc(F)cc1. The number of anilines is 1. The first kappa shape index (κ1) is 18.5. The minimum Gasteiger partial charge on any atom is -0.388 e. The fourth-order valence-corrected chi connectivity index (χ4v) is 2.89. The van der Waals surface area contributed by atoms with E-state index >= 15 is 0 Å². The maximum absolute atomic E-state index is 12.9. The number of halogens is 1. The maximum Gasteiger partial charge on any atom is 0.255 e. The molecule has 0 aliphatic carbocycles. The van der Waals surface area contributed by atoms with E-state index in [0.717, 1.165) is 38.4 Å². The van der Waals surface area contributed by atoms with Crippen molar-refractivity contribution >= 4 is 11.6 Å². The predicted molar refractivity (Wildman–Crippen MR) is 97.6 cm³/mol. The Balaban J connectivity index is 1.52. The molecule has 0 saturated carbocycles. The molecule has 138 valence electrons. The third-order valence-corrected chi connectivity index (χ3v) is 4.48. The van der Waals surface area contributed by atoms with Crippen LogP contribution in [-0.2, 0) is 4.74 Å². The van der Waals surface area contributed by atoms with E-state index in [-0.39, 0.29) is 11.7 Å². The van der Waals surface area contributed by atoms with Crippen molar-refractivity contribution in [1.29, 1.82) is 0 Å². The number of rotatable bonds is 6. The maximum atomic E-state index is 12.9. The predicted octanol–water partition coefficient (Wildman–Crippen LogP) is 2.83. The molecule has 1 unspecified atom stereocenters. The van der Waals surface area contributed by atoms with E-state index in [0.29, 0.717) is 17.7 Å². The van der Waals surface area contributed by atoms with E-state index in [2.05, 4.69) is 10.2 Å². The fraction of sp³-hybridized carbons (Fsp3) is 0.350. The van der Waals surface area contributed by atoms with Gasteiger partial charge in [-0.05, 0) is 48.4 Å². The highest BCUT2D eigenvalue weighted by Crippen LogP contribution is 2.20. The Kier molecular flexibility index (Phi) is 6.33. The first-order valence-corrected chi connectivity index (χ1v) is 8.77. The van der Waals surface area contributed by atoms with E-state index in [1.54, 1.807) is 12.1 Å². The molecule has 1 aliphatic heterocycles. The molecule has 1 fully saturated rings. The van der Waals surface area contributed by atoms with Gasteiger partial charge in [0.25, 0.3) is 5.91 Å². The van der Waals surface area contributed by atoms with Gasteiger partial charge in [-0.25, -0.2) is 4.39 Å². The number of carbonyl (C=O) groups excluding carboxylic acids is 1. The number of aliphatic hydroxyl groups is 1. The number of hydrogen-bond acceptors (Lipinski definition) is 4. The summed E-state index contributed by atoms with van der Waals surface area (Å²) >= 11 is 0. The third kappa shape index (κ3) is 5.11. The Morgan fingerprint density at radius 3 is 2.42 bits per heavy atom. The van der Waals surface area contributed by atoms with Crippen LogP contribution in [-0.4, -0.2) is 48.8 Å². The van der Waals surface area contributed by atoms with Crippen LogP contribution >= 0.6 is 0 Å². The van der Waals surface area contributed by atoms with Crippen LogP contribution in [0.1, 0.15) is 28.4 Å². The van der Waals surface area contributed by atoms with Gasteiger partial charge in [-0.2, -0.15) is 0 Å². The van der Waals surface area contributed by atoms with Crippen LogP contribution < -0.4 is 5.32 Å². The van der Waals surface area contributed by atoms with Gasteiger partial charge < -0.3 is 15.2 Å². The second kappa shape index (κ2) is 8.89. The Bertz CT molecular complexity index is 713. The Hall–Kier alpha value is -2.28. The second-order valence-corrected chi connectivity index (χ2v) is 6.34. The van der Waals surface area contributed by atoms with Crippen LogP contribution in [0.3, 0.4) is 0 Å². The molecule has 0 aromatic heterocycles. The molecule has 3 rings (SSSR count). The summed E-state index contributed by atoms with van der Waals surface area (Å²) in [4.78, 5) is 14.4. The lowest BCUT2D eigenvalue weighted by molar-refractivity contribution is 0.0300. The summed E-state index contributed by atoms with van der Waals surface area (Å²) in [6.45, 7) is 4.13. The lowest BCUT2D eigenvalue weighted by Crippen LogP contribution is -2.37. The number of aliphatic hydroxyl groups excluding tert-OH is 1. The van der Waals surface area contributed by atoms with E-state index in [4.69, 9.17) is 4.74 Å². The molecule has 6 heteroatoms. The minimum atomic E-state index is -0.542. The molecule has 2 N–H and O–H groups in total. The zero-order chi connectivity index (χ0) is 18.4. The van der Waals surface area contributed by atoms with Gasteiger partial charge in [0.1, 0.15) is 5.82 Å². The van der Waals surface area contributed by atoms with E-state index < -0.39 is 6.10 Å². The largest absolute Gasteiger partial charge is 0.388 e. The summed E-state index contributed by atoms with van der Waals surface area (Å²) < 4.78 is 18.2. The van der Waals surface area contributed by atoms with Gasteiger partial charge in [-0.3, -0.25) is 9.69 Å². The number of nitrogens with one attached hydrogen (secondary N) is 1. The van der Waals surface area contributed by atoms with Gasteiger partial charge in [-0.1, -0.05) is 12.1 Å². The first-order chi connectivity index (χ1) is 12.6. The molecule has 1 aliphatic rings. The standard InChI is InChI=1S/C20H23FN2O3/c21-17-5-1-16(2-6-17)20(25)22-18-7-3-15(4-8-18)19(24)9-10-23-11-13-26-14-12-23/h1-8,19,24H,9-14H2,(H,22,25). The van der Waals surface area contributed by atoms with Crippen LogP contribution in [0.4, 0.5) is 10.1 Å². The summed E-state index contributed by atoms with van der Waals surface area (Å²) in [5, 5.41) is 13.1. The van der Waals surface area contributed by atoms with Gasteiger partial charge in [0, 0.05) is 30.9 Å². The quantitative estimate of drug-likeness (QED) is 0.834. The molecule has 0 radical (unpaired) electrons. The second-order valence-electron chi connectivity index (χ2n) is 6.34. The minimum absolute atomic E-state index is 0.300. The monoisotopic (exact) mass is 358 g/mol. The van der Waals surface area contributed by atoms with Gasteiger partial charge in [0.15, 0.2) is 0 Å². The summed E-state index contributed by atoms with van der Waals surface area (Å²) in [5.41, 5.74) is 1.84. The summed E-state index contributed by atoms with van der Waals surface area (Å²) in [6.07, 6.45) is 0.112. The van der Waals surface area contributed by atoms with Gasteiger partial charge >= 0.3 is 0 Å². The van der Waals surface area contributed by atoms with Gasteiger partial charge in [-0.15, -0.1) is 0 Å². The lowest BCUT2D eigenvalue weighted by atomic mass is 10.1. The summed E-state index contributed by atoms with van der Waals surface area (Å²) in [6, 6.07) is 12.5. The van der Waals surface area contributed by atoms with Gasteiger partial charge in [0.2, 0.25) is 0 Å². The van der Waals surface area contributed by atoms with Crippen molar-refractivity contribution < 1.29 is 19.0 Å². The highest BCUT2D eigenvalue weighted by Gasteiger charge is 2.14. The average Bonchev–Trinajstić information content (AvgIpc) is 2.68. The van der Waals surface area contributed by atoms with Crippen molar-refractivity contribution in [3.8, 4) is 0 Å². The Labute approximate surface area is 152 Å². The number of ether oxygens (including phenoxy) is 1. The normalized spacial score (nSPS) is 16.2. The van der Waals surface area contributed by atoms with Crippen LogP contribution in [0.25, 0.3) is 0 Å². The number of hydrogen-bond donors (Lipinski definition) is 2. The zero-order valence-corrected chi connectivity index (χ0v) is 14.5. The lowest BCUT2D eigenvalue weighted by Gasteiger charge is -2.27. The Morgan fingerprint density at radius 2 is 1.77 bits per heavy atom. The van der Waals surface area contributed by atoms with Crippen LogP contribution in [0.15, 0.2) is 48.5 Å². The van der Waals surface area contributed by atoms with E-state index in [9.17, 15) is 14.3 Å². The molecule has 1 heterocycles. The molecule has 2 aromatic carbocycles.